The molecule has 2 atom stereocenters. The largest absolute Gasteiger partial charge is 0.544 e. The van der Waals surface area contributed by atoms with Crippen LogP contribution in [0.1, 0.15) is 155 Å². The number of rotatable bonds is 37. The van der Waals surface area contributed by atoms with Crippen LogP contribution in [0.4, 0.5) is 0 Å². The van der Waals surface area contributed by atoms with E-state index >= 15 is 0 Å². The van der Waals surface area contributed by atoms with Gasteiger partial charge >= 0.3 is 11.9 Å². The quantitative estimate of drug-likeness (QED) is 0.0268. The van der Waals surface area contributed by atoms with E-state index in [1.165, 1.54) is 57.8 Å². The third kappa shape index (κ3) is 36.2. The van der Waals surface area contributed by atoms with Gasteiger partial charge in [-0.15, -0.1) is 0 Å². The topological polar surface area (TPSA) is 102 Å². The first-order valence-corrected chi connectivity index (χ1v) is 21.5. The molecule has 0 saturated heterocycles. The molecule has 314 valence electrons. The molecule has 0 spiro atoms. The predicted octanol–water partition coefficient (Wildman–Crippen LogP) is 10.2. The molecule has 8 nitrogen and oxygen atoms in total. The van der Waals surface area contributed by atoms with Crippen molar-refractivity contribution in [3.05, 3.63) is 72.9 Å². The number of likely N-dealkylation sites (N-methyl/N-ethyl adjacent to an activating group) is 1. The summed E-state index contributed by atoms with van der Waals surface area (Å²) in [5, 5.41) is 11.6. The Labute approximate surface area is 336 Å². The Kier molecular flexibility index (Phi) is 35.5. The minimum absolute atomic E-state index is 0.00838. The number of unbranched alkanes of at least 4 members (excludes halogenated alkanes) is 11. The van der Waals surface area contributed by atoms with Gasteiger partial charge in [-0.1, -0.05) is 157 Å². The van der Waals surface area contributed by atoms with Crippen LogP contribution >= 0.6 is 0 Å². The van der Waals surface area contributed by atoms with E-state index in [4.69, 9.17) is 14.2 Å². The number of aliphatic carboxylic acids is 1. The van der Waals surface area contributed by atoms with E-state index in [2.05, 4.69) is 74.6 Å². The predicted molar refractivity (Wildman–Crippen MR) is 226 cm³/mol. The smallest absolute Gasteiger partial charge is 0.306 e. The summed E-state index contributed by atoms with van der Waals surface area (Å²) in [7, 11) is 5.37. The van der Waals surface area contributed by atoms with Crippen molar-refractivity contribution in [3.8, 4) is 0 Å². The lowest BCUT2D eigenvalue weighted by Crippen LogP contribution is -2.55. The van der Waals surface area contributed by atoms with Crippen LogP contribution < -0.4 is 5.11 Å². The molecule has 0 radical (unpaired) electrons. The average molecular weight is 770 g/mol. The lowest BCUT2D eigenvalue weighted by molar-refractivity contribution is -0.889. The second kappa shape index (κ2) is 37.7. The van der Waals surface area contributed by atoms with Crippen LogP contribution in [0, 0.1) is 0 Å². The van der Waals surface area contributed by atoms with Gasteiger partial charge in [0, 0.05) is 19.3 Å². The van der Waals surface area contributed by atoms with E-state index in [1.807, 2.05) is 12.2 Å². The number of hydrogen-bond acceptors (Lipinski definition) is 7. The fourth-order valence-electron chi connectivity index (χ4n) is 5.80. The van der Waals surface area contributed by atoms with E-state index < -0.39 is 24.1 Å². The zero-order valence-corrected chi connectivity index (χ0v) is 35.6. The second-order valence-corrected chi connectivity index (χ2v) is 15.2. The standard InChI is InChI=1S/C47H79NO7/c1-6-8-10-12-14-16-18-20-21-22-23-24-25-26-28-30-32-34-36-38-46(50)55-43(41-53-40-39-44(47(51)52)48(3,4)5)42-54-45(49)37-35-33-31-29-27-19-17-15-13-11-9-7-2/h8,10,14,16,20-21,23-24,26,28,32,34,43-44H,6-7,9,11-13,15,17-19,22,25,27,29-31,33,35-42H2,1-5H3/b10-8-,16-14-,21-20-,24-23-,28-26-,34-32-. The number of ether oxygens (including phenoxy) is 3. The summed E-state index contributed by atoms with van der Waals surface area (Å²) >= 11 is 0. The number of quaternary nitrogens is 1. The maximum absolute atomic E-state index is 12.7. The summed E-state index contributed by atoms with van der Waals surface area (Å²) in [6, 6.07) is -0.740. The number of allylic oxidation sites excluding steroid dienone is 12. The number of esters is 2. The minimum Gasteiger partial charge on any atom is -0.544 e. The number of carboxylic acids is 1. The summed E-state index contributed by atoms with van der Waals surface area (Å²) in [5.74, 6) is -1.85. The molecule has 0 aromatic rings. The molecule has 0 aromatic heterocycles. The summed E-state index contributed by atoms with van der Waals surface area (Å²) < 4.78 is 17.0. The molecule has 0 N–H and O–H groups in total. The summed E-state index contributed by atoms with van der Waals surface area (Å²) in [6.45, 7) is 4.45. The van der Waals surface area contributed by atoms with Gasteiger partial charge < -0.3 is 28.6 Å². The van der Waals surface area contributed by atoms with Crippen molar-refractivity contribution in [2.24, 2.45) is 0 Å². The van der Waals surface area contributed by atoms with E-state index in [9.17, 15) is 19.5 Å². The van der Waals surface area contributed by atoms with Crippen molar-refractivity contribution in [2.45, 2.75) is 167 Å². The van der Waals surface area contributed by atoms with Gasteiger partial charge in [0.1, 0.15) is 12.6 Å². The Hall–Kier alpha value is -3.23. The highest BCUT2D eigenvalue weighted by atomic mass is 16.6. The molecule has 0 aliphatic rings. The monoisotopic (exact) mass is 770 g/mol. The van der Waals surface area contributed by atoms with Crippen LogP contribution in [0.15, 0.2) is 72.9 Å². The third-order valence-electron chi connectivity index (χ3n) is 9.12. The maximum Gasteiger partial charge on any atom is 0.306 e. The molecule has 55 heavy (non-hydrogen) atoms. The highest BCUT2D eigenvalue weighted by molar-refractivity contribution is 5.70. The highest BCUT2D eigenvalue weighted by Crippen LogP contribution is 2.13. The van der Waals surface area contributed by atoms with Gasteiger partial charge in [-0.05, 0) is 51.4 Å². The molecule has 0 amide bonds. The molecule has 0 aliphatic carbocycles. The molecular formula is C47H79NO7. The van der Waals surface area contributed by atoms with Gasteiger partial charge in [0.15, 0.2) is 6.10 Å². The normalized spacial score (nSPS) is 13.7. The summed E-state index contributed by atoms with van der Waals surface area (Å²) in [5.41, 5.74) is 0. The number of carboxylic acid groups (broad SMARTS) is 1. The van der Waals surface area contributed by atoms with Gasteiger partial charge in [0.25, 0.3) is 0 Å². The van der Waals surface area contributed by atoms with Crippen molar-refractivity contribution in [1.29, 1.82) is 0 Å². The molecule has 0 fully saturated rings. The minimum atomic E-state index is -1.14. The first-order chi connectivity index (χ1) is 26.6. The Morgan fingerprint density at radius 1 is 0.564 bits per heavy atom. The van der Waals surface area contributed by atoms with Gasteiger partial charge in [0.2, 0.25) is 0 Å². The number of hydrogen-bond donors (Lipinski definition) is 0. The molecule has 8 heteroatoms. The molecule has 0 aromatic carbocycles. The van der Waals surface area contributed by atoms with Crippen molar-refractivity contribution >= 4 is 17.9 Å². The zero-order valence-electron chi connectivity index (χ0n) is 35.6. The fraction of sp³-hybridized carbons (Fsp3) is 0.681. The Bertz CT molecular complexity index is 1130. The van der Waals surface area contributed by atoms with E-state index in [1.54, 1.807) is 21.1 Å². The van der Waals surface area contributed by atoms with Crippen LogP contribution in [0.5, 0.6) is 0 Å². The first kappa shape index (κ1) is 51.8. The van der Waals surface area contributed by atoms with E-state index in [-0.39, 0.29) is 43.1 Å². The molecular weight excluding hydrogens is 691 g/mol. The average Bonchev–Trinajstić information content (AvgIpc) is 3.14. The summed E-state index contributed by atoms with van der Waals surface area (Å²) in [4.78, 5) is 36.8. The summed E-state index contributed by atoms with van der Waals surface area (Å²) in [6.07, 6.45) is 46.5. The van der Waals surface area contributed by atoms with Crippen molar-refractivity contribution in [3.63, 3.8) is 0 Å². The fourth-order valence-corrected chi connectivity index (χ4v) is 5.80. The molecule has 0 bridgehead atoms. The van der Waals surface area contributed by atoms with Crippen LogP contribution in [0.3, 0.4) is 0 Å². The third-order valence-corrected chi connectivity index (χ3v) is 9.12. The van der Waals surface area contributed by atoms with E-state index in [0.717, 1.165) is 57.8 Å². The molecule has 0 aliphatic heterocycles. The highest BCUT2D eigenvalue weighted by Gasteiger charge is 2.25. The molecule has 2 unspecified atom stereocenters. The first-order valence-electron chi connectivity index (χ1n) is 21.5. The van der Waals surface area contributed by atoms with Gasteiger partial charge in [0.05, 0.1) is 40.3 Å². The lowest BCUT2D eigenvalue weighted by Gasteiger charge is -2.34. The maximum atomic E-state index is 12.7. The van der Waals surface area contributed by atoms with Crippen molar-refractivity contribution < 1.29 is 38.2 Å². The van der Waals surface area contributed by atoms with Crippen molar-refractivity contribution in [1.82, 2.24) is 0 Å². The Morgan fingerprint density at radius 3 is 1.47 bits per heavy atom. The van der Waals surface area contributed by atoms with Crippen molar-refractivity contribution in [2.75, 3.05) is 41.0 Å². The van der Waals surface area contributed by atoms with E-state index in [0.29, 0.717) is 12.8 Å². The van der Waals surface area contributed by atoms with Crippen LogP contribution in [0.2, 0.25) is 0 Å². The van der Waals surface area contributed by atoms with Crippen LogP contribution in [-0.2, 0) is 28.6 Å². The zero-order chi connectivity index (χ0) is 40.7. The molecule has 0 heterocycles. The Morgan fingerprint density at radius 2 is 1.02 bits per heavy atom. The van der Waals surface area contributed by atoms with Gasteiger partial charge in [-0.3, -0.25) is 9.59 Å². The SMILES string of the molecule is CC/C=C\C/C=C\C/C=C\C/C=C\C/C=C\C/C=C\CCC(=O)OC(COCCC(C(=O)[O-])[N+](C)(C)C)COC(=O)CCCCCCCCCCCCCC. The number of carbonyl (C=O) groups excluding carboxylic acids is 3. The molecule has 0 saturated carbocycles. The second-order valence-electron chi connectivity index (χ2n) is 15.2. The lowest BCUT2D eigenvalue weighted by atomic mass is 10.0. The van der Waals surface area contributed by atoms with Gasteiger partial charge in [-0.25, -0.2) is 0 Å². The number of carbonyl (C=O) groups is 3. The number of nitrogens with zero attached hydrogens (tertiary/aromatic N) is 1. The van der Waals surface area contributed by atoms with Crippen LogP contribution in [0.25, 0.3) is 0 Å². The Balaban J connectivity index is 4.50. The van der Waals surface area contributed by atoms with Gasteiger partial charge in [-0.2, -0.15) is 0 Å². The van der Waals surface area contributed by atoms with Crippen LogP contribution in [-0.4, -0.2) is 75.5 Å². The molecule has 0 rings (SSSR count).